The maximum absolute atomic E-state index is 11.9. The highest BCUT2D eigenvalue weighted by molar-refractivity contribution is 5.87. The van der Waals surface area contributed by atoms with E-state index in [9.17, 15) is 9.59 Å². The Labute approximate surface area is 101 Å². The summed E-state index contributed by atoms with van der Waals surface area (Å²) in [6.07, 6.45) is 2.71. The zero-order valence-electron chi connectivity index (χ0n) is 10.00. The van der Waals surface area contributed by atoms with E-state index in [2.05, 4.69) is 16.0 Å². The van der Waals surface area contributed by atoms with E-state index in [1.165, 1.54) is 0 Å². The molecule has 0 aromatic heterocycles. The molecule has 2 aliphatic heterocycles. The molecule has 0 aliphatic carbocycles. The second kappa shape index (κ2) is 5.86. The molecule has 0 radical (unpaired) electrons. The Morgan fingerprint density at radius 1 is 1.24 bits per heavy atom. The molecule has 17 heavy (non-hydrogen) atoms. The molecular formula is C11H20N4O2. The highest BCUT2D eigenvalue weighted by atomic mass is 16.2. The van der Waals surface area contributed by atoms with Crippen molar-refractivity contribution in [2.24, 2.45) is 0 Å². The molecular weight excluding hydrogens is 220 g/mol. The molecule has 2 saturated heterocycles. The first-order valence-electron chi connectivity index (χ1n) is 6.31. The molecule has 6 nitrogen and oxygen atoms in total. The second-order valence-electron chi connectivity index (χ2n) is 4.53. The number of piperazine rings is 1. The van der Waals surface area contributed by atoms with Crippen LogP contribution in [-0.2, 0) is 4.79 Å². The maximum Gasteiger partial charge on any atom is 0.318 e. The number of nitrogens with zero attached hydrogens (tertiary/aromatic N) is 1. The van der Waals surface area contributed by atoms with Crippen LogP contribution in [0.4, 0.5) is 4.79 Å². The van der Waals surface area contributed by atoms with Crippen molar-refractivity contribution in [3.63, 3.8) is 0 Å². The lowest BCUT2D eigenvalue weighted by Gasteiger charge is -2.29. The van der Waals surface area contributed by atoms with Crippen LogP contribution >= 0.6 is 0 Å². The van der Waals surface area contributed by atoms with Gasteiger partial charge in [-0.3, -0.25) is 4.79 Å². The van der Waals surface area contributed by atoms with Gasteiger partial charge in [-0.25, -0.2) is 4.79 Å². The van der Waals surface area contributed by atoms with Crippen molar-refractivity contribution in [2.45, 2.75) is 25.3 Å². The van der Waals surface area contributed by atoms with Gasteiger partial charge >= 0.3 is 6.03 Å². The van der Waals surface area contributed by atoms with Gasteiger partial charge in [-0.05, 0) is 19.3 Å². The molecule has 2 heterocycles. The van der Waals surface area contributed by atoms with E-state index in [0.29, 0.717) is 13.1 Å². The van der Waals surface area contributed by atoms with Gasteiger partial charge in [0.05, 0.1) is 0 Å². The predicted octanol–water partition coefficient (Wildman–Crippen LogP) is -0.730. The Morgan fingerprint density at radius 2 is 2.00 bits per heavy atom. The number of carbonyl (C=O) groups is 2. The summed E-state index contributed by atoms with van der Waals surface area (Å²) < 4.78 is 0. The van der Waals surface area contributed by atoms with Crippen LogP contribution in [-0.4, -0.2) is 55.6 Å². The number of hydrogen-bond acceptors (Lipinski definition) is 3. The molecule has 0 unspecified atom stereocenters. The quantitative estimate of drug-likeness (QED) is 0.566. The van der Waals surface area contributed by atoms with Gasteiger partial charge in [-0.2, -0.15) is 0 Å². The Hall–Kier alpha value is -1.30. The fourth-order valence-electron chi connectivity index (χ4n) is 2.19. The van der Waals surface area contributed by atoms with Gasteiger partial charge in [0, 0.05) is 32.7 Å². The molecule has 0 aromatic rings. The van der Waals surface area contributed by atoms with Crippen molar-refractivity contribution in [2.75, 3.05) is 32.7 Å². The Balaban J connectivity index is 1.85. The van der Waals surface area contributed by atoms with Crippen molar-refractivity contribution in [1.82, 2.24) is 20.9 Å². The molecule has 3 N–H and O–H groups in total. The number of urea groups is 1. The molecule has 3 amide bonds. The SMILES string of the molecule is O=C1NCCCC[C@@H]1NC(=O)N1CCNCC1. The molecule has 1 atom stereocenters. The summed E-state index contributed by atoms with van der Waals surface area (Å²) in [4.78, 5) is 25.4. The zero-order chi connectivity index (χ0) is 12.1. The number of carbonyl (C=O) groups excluding carboxylic acids is 2. The van der Waals surface area contributed by atoms with Crippen molar-refractivity contribution < 1.29 is 9.59 Å². The third-order valence-corrected chi connectivity index (χ3v) is 3.24. The summed E-state index contributed by atoms with van der Waals surface area (Å²) in [5.41, 5.74) is 0. The second-order valence-corrected chi connectivity index (χ2v) is 4.53. The molecule has 2 rings (SSSR count). The Morgan fingerprint density at radius 3 is 2.76 bits per heavy atom. The van der Waals surface area contributed by atoms with Crippen LogP contribution in [0.15, 0.2) is 0 Å². The van der Waals surface area contributed by atoms with Crippen LogP contribution < -0.4 is 16.0 Å². The van der Waals surface area contributed by atoms with E-state index in [0.717, 1.165) is 38.9 Å². The van der Waals surface area contributed by atoms with E-state index in [1.54, 1.807) is 4.90 Å². The first kappa shape index (κ1) is 12.2. The van der Waals surface area contributed by atoms with Gasteiger partial charge in [0.2, 0.25) is 5.91 Å². The molecule has 6 heteroatoms. The van der Waals surface area contributed by atoms with Crippen molar-refractivity contribution in [3.8, 4) is 0 Å². The minimum Gasteiger partial charge on any atom is -0.354 e. The Kier molecular flexibility index (Phi) is 4.19. The third kappa shape index (κ3) is 3.33. The highest BCUT2D eigenvalue weighted by Gasteiger charge is 2.25. The number of rotatable bonds is 1. The van der Waals surface area contributed by atoms with E-state index in [4.69, 9.17) is 0 Å². The van der Waals surface area contributed by atoms with Crippen LogP contribution in [0.5, 0.6) is 0 Å². The maximum atomic E-state index is 11.9. The van der Waals surface area contributed by atoms with E-state index in [1.807, 2.05) is 0 Å². The van der Waals surface area contributed by atoms with Gasteiger partial charge in [0.25, 0.3) is 0 Å². The smallest absolute Gasteiger partial charge is 0.318 e. The summed E-state index contributed by atoms with van der Waals surface area (Å²) in [6.45, 7) is 3.79. The fourth-order valence-corrected chi connectivity index (χ4v) is 2.19. The van der Waals surface area contributed by atoms with Crippen LogP contribution in [0, 0.1) is 0 Å². The lowest BCUT2D eigenvalue weighted by atomic mass is 10.1. The number of nitrogens with one attached hydrogen (secondary N) is 3. The molecule has 2 aliphatic rings. The van der Waals surface area contributed by atoms with Gasteiger partial charge in [0.15, 0.2) is 0 Å². The third-order valence-electron chi connectivity index (χ3n) is 3.24. The van der Waals surface area contributed by atoms with Gasteiger partial charge in [0.1, 0.15) is 6.04 Å². The summed E-state index contributed by atoms with van der Waals surface area (Å²) in [5.74, 6) is -0.0500. The molecule has 2 fully saturated rings. The lowest BCUT2D eigenvalue weighted by Crippen LogP contribution is -2.54. The normalized spacial score (nSPS) is 26.0. The van der Waals surface area contributed by atoms with Gasteiger partial charge in [-0.1, -0.05) is 0 Å². The summed E-state index contributed by atoms with van der Waals surface area (Å²) >= 11 is 0. The molecule has 96 valence electrons. The lowest BCUT2D eigenvalue weighted by molar-refractivity contribution is -0.122. The van der Waals surface area contributed by atoms with Crippen molar-refractivity contribution >= 4 is 11.9 Å². The largest absolute Gasteiger partial charge is 0.354 e. The minimum atomic E-state index is -0.361. The summed E-state index contributed by atoms with van der Waals surface area (Å²) in [6, 6.07) is -0.478. The first-order chi connectivity index (χ1) is 8.27. The summed E-state index contributed by atoms with van der Waals surface area (Å²) in [7, 11) is 0. The molecule has 0 spiro atoms. The van der Waals surface area contributed by atoms with Crippen molar-refractivity contribution in [1.29, 1.82) is 0 Å². The predicted molar refractivity (Wildman–Crippen MR) is 63.6 cm³/mol. The van der Waals surface area contributed by atoms with E-state index < -0.39 is 0 Å². The first-order valence-corrected chi connectivity index (χ1v) is 6.31. The molecule has 0 aromatic carbocycles. The van der Waals surface area contributed by atoms with E-state index in [-0.39, 0.29) is 18.0 Å². The van der Waals surface area contributed by atoms with Gasteiger partial charge < -0.3 is 20.9 Å². The standard InChI is InChI=1S/C11H20N4O2/c16-10-9(3-1-2-4-13-10)14-11(17)15-7-5-12-6-8-15/h9,12H,1-8H2,(H,13,16)(H,14,17)/t9-/m0/s1. The minimum absolute atomic E-state index is 0.0500. The van der Waals surface area contributed by atoms with Crippen LogP contribution in [0.1, 0.15) is 19.3 Å². The van der Waals surface area contributed by atoms with Gasteiger partial charge in [-0.15, -0.1) is 0 Å². The number of amides is 3. The molecule has 0 bridgehead atoms. The van der Waals surface area contributed by atoms with Crippen LogP contribution in [0.25, 0.3) is 0 Å². The van der Waals surface area contributed by atoms with E-state index >= 15 is 0 Å². The average molecular weight is 240 g/mol. The topological polar surface area (TPSA) is 73.5 Å². The van der Waals surface area contributed by atoms with Crippen LogP contribution in [0.3, 0.4) is 0 Å². The highest BCUT2D eigenvalue weighted by Crippen LogP contribution is 2.06. The van der Waals surface area contributed by atoms with Crippen molar-refractivity contribution in [3.05, 3.63) is 0 Å². The van der Waals surface area contributed by atoms with Crippen LogP contribution in [0.2, 0.25) is 0 Å². The average Bonchev–Trinajstić information content (AvgIpc) is 2.56. The monoisotopic (exact) mass is 240 g/mol. The zero-order valence-corrected chi connectivity index (χ0v) is 10.00. The fraction of sp³-hybridized carbons (Fsp3) is 0.818. The summed E-state index contributed by atoms with van der Waals surface area (Å²) in [5, 5.41) is 8.83. The molecule has 0 saturated carbocycles. The Bertz CT molecular complexity index is 289. The number of hydrogen-bond donors (Lipinski definition) is 3.